The Kier molecular flexibility index (Phi) is 5.18. The summed E-state index contributed by atoms with van der Waals surface area (Å²) < 4.78 is 9.40. The van der Waals surface area contributed by atoms with Crippen LogP contribution in [0.2, 0.25) is 0 Å². The van der Waals surface area contributed by atoms with Gasteiger partial charge >= 0.3 is 0 Å². The summed E-state index contributed by atoms with van der Waals surface area (Å²) >= 11 is 1.43. The SMILES string of the molecule is Cc1ccc(-n2c(=O)c3ccccc3n3c(SCc4nnc(-c5ccccc5)o4)nnc23)c(C)c1. The van der Waals surface area contributed by atoms with Gasteiger partial charge in [0.05, 0.1) is 22.3 Å². The second-order valence-corrected chi connectivity index (χ2v) is 9.16. The first kappa shape index (κ1) is 21.3. The molecule has 0 fully saturated rings. The van der Waals surface area contributed by atoms with E-state index in [1.807, 2.05) is 85.0 Å². The third kappa shape index (κ3) is 3.70. The van der Waals surface area contributed by atoms with Crippen LogP contribution < -0.4 is 5.56 Å². The normalized spacial score (nSPS) is 11.5. The zero-order valence-electron chi connectivity index (χ0n) is 19.0. The van der Waals surface area contributed by atoms with E-state index in [9.17, 15) is 4.79 Å². The summed E-state index contributed by atoms with van der Waals surface area (Å²) in [5.41, 5.74) is 4.38. The topological polar surface area (TPSA) is 91.1 Å². The summed E-state index contributed by atoms with van der Waals surface area (Å²) in [6.45, 7) is 4.02. The summed E-state index contributed by atoms with van der Waals surface area (Å²) in [5, 5.41) is 18.4. The van der Waals surface area contributed by atoms with Crippen molar-refractivity contribution in [3.63, 3.8) is 0 Å². The lowest BCUT2D eigenvalue weighted by molar-refractivity contribution is 0.528. The van der Waals surface area contributed by atoms with Crippen LogP contribution in [0.1, 0.15) is 17.0 Å². The van der Waals surface area contributed by atoms with Gasteiger partial charge in [-0.2, -0.15) is 0 Å². The first-order chi connectivity index (χ1) is 17.1. The fourth-order valence-corrected chi connectivity index (χ4v) is 4.96. The molecule has 8 nitrogen and oxygen atoms in total. The van der Waals surface area contributed by atoms with Crippen molar-refractivity contribution in [1.82, 2.24) is 29.4 Å². The Labute approximate surface area is 204 Å². The zero-order valence-corrected chi connectivity index (χ0v) is 19.9. The molecule has 0 bridgehead atoms. The van der Waals surface area contributed by atoms with E-state index in [0.717, 1.165) is 27.9 Å². The van der Waals surface area contributed by atoms with Gasteiger partial charge in [0.1, 0.15) is 0 Å². The average Bonchev–Trinajstić information content (AvgIpc) is 3.52. The summed E-state index contributed by atoms with van der Waals surface area (Å²) in [4.78, 5) is 13.5. The molecule has 172 valence electrons. The van der Waals surface area contributed by atoms with Crippen molar-refractivity contribution in [3.8, 4) is 17.1 Å². The van der Waals surface area contributed by atoms with E-state index < -0.39 is 0 Å². The smallest absolute Gasteiger partial charge is 0.267 e. The molecule has 0 atom stereocenters. The Morgan fingerprint density at radius 1 is 0.886 bits per heavy atom. The lowest BCUT2D eigenvalue weighted by Crippen LogP contribution is -2.22. The quantitative estimate of drug-likeness (QED) is 0.321. The lowest BCUT2D eigenvalue weighted by atomic mass is 10.1. The number of rotatable bonds is 5. The lowest BCUT2D eigenvalue weighted by Gasteiger charge is -2.13. The molecule has 6 aromatic rings. The molecule has 3 aromatic heterocycles. The van der Waals surface area contributed by atoms with Crippen LogP contribution in [0.5, 0.6) is 0 Å². The molecule has 0 saturated carbocycles. The van der Waals surface area contributed by atoms with E-state index >= 15 is 0 Å². The number of para-hydroxylation sites is 1. The van der Waals surface area contributed by atoms with Crippen LogP contribution in [-0.4, -0.2) is 29.4 Å². The molecular weight excluding hydrogens is 460 g/mol. The number of aromatic nitrogens is 6. The van der Waals surface area contributed by atoms with Gasteiger partial charge in [-0.1, -0.05) is 59.8 Å². The minimum Gasteiger partial charge on any atom is -0.420 e. The minimum atomic E-state index is -0.131. The van der Waals surface area contributed by atoms with Crippen molar-refractivity contribution < 1.29 is 4.42 Å². The highest BCUT2D eigenvalue weighted by atomic mass is 32.2. The number of fused-ring (bicyclic) bond motifs is 3. The maximum atomic E-state index is 13.5. The van der Waals surface area contributed by atoms with Gasteiger partial charge in [-0.3, -0.25) is 9.20 Å². The van der Waals surface area contributed by atoms with Crippen molar-refractivity contribution in [2.75, 3.05) is 0 Å². The van der Waals surface area contributed by atoms with Gasteiger partial charge < -0.3 is 4.42 Å². The van der Waals surface area contributed by atoms with Crippen molar-refractivity contribution in [1.29, 1.82) is 0 Å². The van der Waals surface area contributed by atoms with E-state index in [-0.39, 0.29) is 5.56 Å². The summed E-state index contributed by atoms with van der Waals surface area (Å²) in [5.74, 6) is 1.83. The van der Waals surface area contributed by atoms with Gasteiger partial charge in [-0.05, 0) is 49.7 Å². The molecule has 0 spiro atoms. The van der Waals surface area contributed by atoms with Gasteiger partial charge in [-0.15, -0.1) is 20.4 Å². The van der Waals surface area contributed by atoms with Crippen LogP contribution in [0.25, 0.3) is 33.8 Å². The van der Waals surface area contributed by atoms with Gasteiger partial charge in [0, 0.05) is 5.56 Å². The zero-order chi connectivity index (χ0) is 23.9. The molecular formula is C26H20N6O2S. The molecule has 6 rings (SSSR count). The van der Waals surface area contributed by atoms with Gasteiger partial charge in [0.25, 0.3) is 5.56 Å². The Hall–Kier alpha value is -4.24. The molecule has 9 heteroatoms. The van der Waals surface area contributed by atoms with Crippen LogP contribution in [-0.2, 0) is 5.75 Å². The first-order valence-corrected chi connectivity index (χ1v) is 12.1. The maximum Gasteiger partial charge on any atom is 0.267 e. The van der Waals surface area contributed by atoms with E-state index in [0.29, 0.717) is 33.9 Å². The molecule has 0 amide bonds. The minimum absolute atomic E-state index is 0.131. The van der Waals surface area contributed by atoms with Crippen LogP contribution >= 0.6 is 11.8 Å². The molecule has 3 aromatic carbocycles. The molecule has 0 saturated heterocycles. The predicted molar refractivity (Wildman–Crippen MR) is 135 cm³/mol. The van der Waals surface area contributed by atoms with E-state index in [4.69, 9.17) is 4.42 Å². The summed E-state index contributed by atoms with van der Waals surface area (Å²) in [7, 11) is 0. The molecule has 3 heterocycles. The van der Waals surface area contributed by atoms with Crippen molar-refractivity contribution in [3.05, 3.63) is 100 Å². The molecule has 0 N–H and O–H groups in total. The second kappa shape index (κ2) is 8.52. The van der Waals surface area contributed by atoms with Crippen LogP contribution in [0.4, 0.5) is 0 Å². The highest BCUT2D eigenvalue weighted by molar-refractivity contribution is 7.98. The van der Waals surface area contributed by atoms with Crippen molar-refractivity contribution in [2.24, 2.45) is 0 Å². The highest BCUT2D eigenvalue weighted by Crippen LogP contribution is 2.27. The number of hydrogen-bond donors (Lipinski definition) is 0. The van der Waals surface area contributed by atoms with Gasteiger partial charge in [0.15, 0.2) is 5.16 Å². The largest absolute Gasteiger partial charge is 0.420 e. The van der Waals surface area contributed by atoms with Gasteiger partial charge in [-0.25, -0.2) is 4.57 Å². The number of aryl methyl sites for hydroxylation is 2. The predicted octanol–water partition coefficient (Wildman–Crippen LogP) is 4.99. The number of benzene rings is 3. The third-order valence-corrected chi connectivity index (χ3v) is 6.71. The molecule has 0 aliphatic heterocycles. The van der Waals surface area contributed by atoms with Gasteiger partial charge in [0.2, 0.25) is 17.6 Å². The molecule has 0 unspecified atom stereocenters. The Bertz CT molecular complexity index is 1750. The van der Waals surface area contributed by atoms with E-state index in [2.05, 4.69) is 26.5 Å². The van der Waals surface area contributed by atoms with Crippen LogP contribution in [0.15, 0.2) is 87.2 Å². The molecule has 0 aliphatic rings. The second-order valence-electron chi connectivity index (χ2n) is 8.22. The van der Waals surface area contributed by atoms with Crippen molar-refractivity contribution in [2.45, 2.75) is 24.8 Å². The first-order valence-electron chi connectivity index (χ1n) is 11.1. The monoisotopic (exact) mass is 480 g/mol. The standard InChI is InChI=1S/C26H20N6O2S/c1-16-12-13-20(17(2)14-16)31-24(33)19-10-6-7-11-21(19)32-25(31)29-30-26(32)35-15-22-27-28-23(34-22)18-8-4-3-5-9-18/h3-14H,15H2,1-2H3. The van der Waals surface area contributed by atoms with Crippen LogP contribution in [0, 0.1) is 13.8 Å². The average molecular weight is 481 g/mol. The molecule has 0 radical (unpaired) electrons. The summed E-state index contributed by atoms with van der Waals surface area (Å²) in [6.07, 6.45) is 0. The molecule has 35 heavy (non-hydrogen) atoms. The molecule has 0 aliphatic carbocycles. The fourth-order valence-electron chi connectivity index (χ4n) is 4.18. The Balaban J connectivity index is 1.45. The van der Waals surface area contributed by atoms with Crippen LogP contribution in [0.3, 0.4) is 0 Å². The summed E-state index contributed by atoms with van der Waals surface area (Å²) in [6, 6.07) is 23.1. The van der Waals surface area contributed by atoms with E-state index in [1.54, 1.807) is 4.57 Å². The Morgan fingerprint density at radius 3 is 2.51 bits per heavy atom. The maximum absolute atomic E-state index is 13.5. The van der Waals surface area contributed by atoms with E-state index in [1.165, 1.54) is 11.8 Å². The number of nitrogens with zero attached hydrogens (tertiary/aromatic N) is 6. The number of hydrogen-bond acceptors (Lipinski definition) is 7. The highest BCUT2D eigenvalue weighted by Gasteiger charge is 2.19. The fraction of sp³-hybridized carbons (Fsp3) is 0.115. The number of thioether (sulfide) groups is 1. The Morgan fingerprint density at radius 2 is 1.69 bits per heavy atom. The third-order valence-electron chi connectivity index (χ3n) is 5.80. The van der Waals surface area contributed by atoms with Crippen molar-refractivity contribution >= 4 is 28.4 Å².